The molecule has 90 valence electrons. The molecule has 1 aromatic carbocycles. The van der Waals surface area contributed by atoms with Crippen LogP contribution in [0.15, 0.2) is 12.1 Å². The third kappa shape index (κ3) is 3.55. The van der Waals surface area contributed by atoms with Gasteiger partial charge >= 0.3 is 0 Å². The predicted octanol–water partition coefficient (Wildman–Crippen LogP) is 3.91. The molecule has 0 aliphatic heterocycles. The minimum absolute atomic E-state index is 0.129. The van der Waals surface area contributed by atoms with Gasteiger partial charge in [-0.15, -0.1) is 0 Å². The molecular weight excluding hydrogens is 247 g/mol. The van der Waals surface area contributed by atoms with E-state index in [0.717, 1.165) is 6.42 Å². The number of benzene rings is 1. The van der Waals surface area contributed by atoms with Crippen LogP contribution in [0.4, 0.5) is 0 Å². The summed E-state index contributed by atoms with van der Waals surface area (Å²) in [4.78, 5) is 0. The highest BCUT2D eigenvalue weighted by molar-refractivity contribution is 6.35. The first-order valence-corrected chi connectivity index (χ1v) is 6.05. The van der Waals surface area contributed by atoms with Gasteiger partial charge in [-0.1, -0.05) is 43.5 Å². The largest absolute Gasteiger partial charge is 0.491 e. The molecule has 4 heteroatoms. The molecule has 1 aromatic rings. The summed E-state index contributed by atoms with van der Waals surface area (Å²) in [5, 5.41) is 10.1. The fourth-order valence-corrected chi connectivity index (χ4v) is 1.83. The Morgan fingerprint density at radius 2 is 2.06 bits per heavy atom. The van der Waals surface area contributed by atoms with Crippen LogP contribution in [-0.2, 0) is 6.61 Å². The Labute approximate surface area is 106 Å². The van der Waals surface area contributed by atoms with E-state index in [1.807, 2.05) is 0 Å². The summed E-state index contributed by atoms with van der Waals surface area (Å²) in [5.41, 5.74) is 0.626. The van der Waals surface area contributed by atoms with E-state index < -0.39 is 0 Å². The van der Waals surface area contributed by atoms with Gasteiger partial charge in [0.25, 0.3) is 0 Å². The van der Waals surface area contributed by atoms with E-state index >= 15 is 0 Å². The lowest BCUT2D eigenvalue weighted by molar-refractivity contribution is 0.237. The van der Waals surface area contributed by atoms with Crippen molar-refractivity contribution in [2.75, 3.05) is 6.61 Å². The van der Waals surface area contributed by atoms with E-state index in [0.29, 0.717) is 33.9 Å². The van der Waals surface area contributed by atoms with Crippen molar-refractivity contribution in [1.29, 1.82) is 0 Å². The molecule has 0 radical (unpaired) electrons. The lowest BCUT2D eigenvalue weighted by atomic mass is 10.1. The second-order valence-corrected chi connectivity index (χ2v) is 4.70. The normalized spacial score (nSPS) is 12.6. The van der Waals surface area contributed by atoms with Crippen LogP contribution in [0.5, 0.6) is 5.75 Å². The summed E-state index contributed by atoms with van der Waals surface area (Å²) >= 11 is 11.9. The molecule has 0 heterocycles. The van der Waals surface area contributed by atoms with Crippen molar-refractivity contribution >= 4 is 23.2 Å². The van der Waals surface area contributed by atoms with Gasteiger partial charge in [0.1, 0.15) is 5.75 Å². The number of aliphatic hydroxyl groups is 1. The number of aliphatic hydroxyl groups excluding tert-OH is 1. The molecule has 1 atom stereocenters. The monoisotopic (exact) mass is 262 g/mol. The maximum Gasteiger partial charge on any atom is 0.143 e. The zero-order chi connectivity index (χ0) is 12.1. The molecule has 0 aliphatic carbocycles. The fourth-order valence-electron chi connectivity index (χ4n) is 1.24. The third-order valence-corrected chi connectivity index (χ3v) is 2.96. The van der Waals surface area contributed by atoms with Crippen molar-refractivity contribution in [3.63, 3.8) is 0 Å². The Bertz CT molecular complexity index is 353. The maximum atomic E-state index is 9.19. The lowest BCUT2D eigenvalue weighted by Gasteiger charge is -2.15. The van der Waals surface area contributed by atoms with Crippen LogP contribution in [0.3, 0.4) is 0 Å². The van der Waals surface area contributed by atoms with Gasteiger partial charge in [0.2, 0.25) is 0 Å². The molecule has 0 bridgehead atoms. The number of halogens is 2. The summed E-state index contributed by atoms with van der Waals surface area (Å²) in [7, 11) is 0. The highest BCUT2D eigenvalue weighted by Crippen LogP contribution is 2.32. The molecule has 0 saturated heterocycles. The third-order valence-electron chi connectivity index (χ3n) is 2.46. The average molecular weight is 263 g/mol. The summed E-state index contributed by atoms with van der Waals surface area (Å²) in [6, 6.07) is 3.29. The minimum atomic E-state index is -0.129. The standard InChI is InChI=1S/C12H16Cl2O2/c1-3-8(2)7-16-12-9(6-15)4-10(13)5-11(12)14/h4-5,8,15H,3,6-7H2,1-2H3. The van der Waals surface area contributed by atoms with Crippen LogP contribution in [0.2, 0.25) is 10.0 Å². The van der Waals surface area contributed by atoms with Gasteiger partial charge in [0.05, 0.1) is 18.2 Å². The van der Waals surface area contributed by atoms with Gasteiger partial charge in [0, 0.05) is 10.6 Å². The van der Waals surface area contributed by atoms with E-state index in [2.05, 4.69) is 13.8 Å². The fraction of sp³-hybridized carbons (Fsp3) is 0.500. The highest BCUT2D eigenvalue weighted by atomic mass is 35.5. The second-order valence-electron chi connectivity index (χ2n) is 3.86. The first kappa shape index (κ1) is 13.6. The van der Waals surface area contributed by atoms with Crippen molar-refractivity contribution in [1.82, 2.24) is 0 Å². The van der Waals surface area contributed by atoms with Gasteiger partial charge in [-0.05, 0) is 18.1 Å². The molecule has 16 heavy (non-hydrogen) atoms. The molecule has 0 saturated carbocycles. The quantitative estimate of drug-likeness (QED) is 0.872. The Kier molecular flexibility index (Phi) is 5.39. The summed E-state index contributed by atoms with van der Waals surface area (Å²) < 4.78 is 5.62. The van der Waals surface area contributed by atoms with Crippen LogP contribution in [0.25, 0.3) is 0 Å². The van der Waals surface area contributed by atoms with E-state index in [9.17, 15) is 5.11 Å². The van der Waals surface area contributed by atoms with Crippen LogP contribution in [-0.4, -0.2) is 11.7 Å². The van der Waals surface area contributed by atoms with Gasteiger partial charge in [0.15, 0.2) is 0 Å². The molecule has 0 amide bonds. The van der Waals surface area contributed by atoms with Gasteiger partial charge in [-0.25, -0.2) is 0 Å². The van der Waals surface area contributed by atoms with Gasteiger partial charge in [-0.2, -0.15) is 0 Å². The Morgan fingerprint density at radius 1 is 1.38 bits per heavy atom. The topological polar surface area (TPSA) is 29.5 Å². The predicted molar refractivity (Wildman–Crippen MR) is 67.3 cm³/mol. The van der Waals surface area contributed by atoms with Crippen molar-refractivity contribution in [2.24, 2.45) is 5.92 Å². The van der Waals surface area contributed by atoms with Crippen LogP contribution in [0, 0.1) is 5.92 Å². The lowest BCUT2D eigenvalue weighted by Crippen LogP contribution is -2.09. The molecule has 2 nitrogen and oxygen atoms in total. The van der Waals surface area contributed by atoms with Gasteiger partial charge in [-0.3, -0.25) is 0 Å². The van der Waals surface area contributed by atoms with Crippen molar-refractivity contribution in [2.45, 2.75) is 26.9 Å². The number of rotatable bonds is 5. The van der Waals surface area contributed by atoms with Crippen molar-refractivity contribution in [3.05, 3.63) is 27.7 Å². The average Bonchev–Trinajstić information content (AvgIpc) is 2.26. The Hall–Kier alpha value is -0.440. The first-order valence-electron chi connectivity index (χ1n) is 5.30. The molecule has 1 rings (SSSR count). The van der Waals surface area contributed by atoms with Crippen molar-refractivity contribution < 1.29 is 9.84 Å². The number of hydrogen-bond acceptors (Lipinski definition) is 2. The zero-order valence-electron chi connectivity index (χ0n) is 9.46. The summed E-state index contributed by atoms with van der Waals surface area (Å²) in [6.07, 6.45) is 1.04. The maximum absolute atomic E-state index is 9.19. The molecular formula is C12H16Cl2O2. The van der Waals surface area contributed by atoms with Gasteiger partial charge < -0.3 is 9.84 Å². The molecule has 1 unspecified atom stereocenters. The van der Waals surface area contributed by atoms with E-state index in [1.165, 1.54) is 0 Å². The van der Waals surface area contributed by atoms with Crippen LogP contribution < -0.4 is 4.74 Å². The molecule has 0 aliphatic rings. The van der Waals surface area contributed by atoms with E-state index in [-0.39, 0.29) is 6.61 Å². The summed E-state index contributed by atoms with van der Waals surface area (Å²) in [5.74, 6) is 0.993. The van der Waals surface area contributed by atoms with E-state index in [4.69, 9.17) is 27.9 Å². The first-order chi connectivity index (χ1) is 7.58. The van der Waals surface area contributed by atoms with Crippen LogP contribution >= 0.6 is 23.2 Å². The molecule has 0 aromatic heterocycles. The second kappa shape index (κ2) is 6.33. The highest BCUT2D eigenvalue weighted by Gasteiger charge is 2.11. The SMILES string of the molecule is CCC(C)COc1c(Cl)cc(Cl)cc1CO. The number of hydrogen-bond donors (Lipinski definition) is 1. The Morgan fingerprint density at radius 3 is 2.62 bits per heavy atom. The summed E-state index contributed by atoms with van der Waals surface area (Å²) in [6.45, 7) is 4.66. The molecule has 1 N–H and O–H groups in total. The molecule has 0 fully saturated rings. The number of ether oxygens (including phenoxy) is 1. The van der Waals surface area contributed by atoms with Crippen molar-refractivity contribution in [3.8, 4) is 5.75 Å². The molecule has 0 spiro atoms. The van der Waals surface area contributed by atoms with Crippen LogP contribution in [0.1, 0.15) is 25.8 Å². The van der Waals surface area contributed by atoms with E-state index in [1.54, 1.807) is 12.1 Å². The zero-order valence-corrected chi connectivity index (χ0v) is 11.0. The Balaban J connectivity index is 2.85. The minimum Gasteiger partial charge on any atom is -0.491 e. The smallest absolute Gasteiger partial charge is 0.143 e.